The van der Waals surface area contributed by atoms with Gasteiger partial charge < -0.3 is 10.8 Å². The van der Waals surface area contributed by atoms with Crippen LogP contribution in [0.25, 0.3) is 0 Å². The Bertz CT molecular complexity index is 402. The summed E-state index contributed by atoms with van der Waals surface area (Å²) in [6.45, 7) is 1.85. The normalized spacial score (nSPS) is 13.9. The average molecular weight is 235 g/mol. The van der Waals surface area contributed by atoms with Crippen LogP contribution < -0.4 is 5.73 Å². The maximum Gasteiger partial charge on any atom is 0.303 e. The highest BCUT2D eigenvalue weighted by atomic mass is 16.4. The molecule has 0 heterocycles. The molecule has 1 atom stereocenters. The monoisotopic (exact) mass is 235 g/mol. The summed E-state index contributed by atoms with van der Waals surface area (Å²) in [5, 5.41) is 8.75. The van der Waals surface area contributed by atoms with Crippen LogP contribution in [0.4, 0.5) is 0 Å². The van der Waals surface area contributed by atoms with E-state index in [2.05, 4.69) is 0 Å². The Balaban J connectivity index is 3.09. The summed E-state index contributed by atoms with van der Waals surface area (Å²) in [5.74, 6) is -1.38. The fourth-order valence-electron chi connectivity index (χ4n) is 2.04. The number of aliphatic carboxylic acids is 1. The fraction of sp³-hybridized carbons (Fsp3) is 0.385. The van der Waals surface area contributed by atoms with Crippen molar-refractivity contribution in [2.45, 2.75) is 31.6 Å². The molecule has 0 aromatic heterocycles. The molecule has 0 aliphatic heterocycles. The number of carboxylic acids is 1. The number of rotatable bonds is 6. The second-order valence-electron chi connectivity index (χ2n) is 4.06. The molecule has 92 valence electrons. The van der Waals surface area contributed by atoms with Crippen LogP contribution in [-0.2, 0) is 15.0 Å². The van der Waals surface area contributed by atoms with Gasteiger partial charge in [0.1, 0.15) is 0 Å². The quantitative estimate of drug-likeness (QED) is 0.787. The van der Waals surface area contributed by atoms with Crippen molar-refractivity contribution in [3.05, 3.63) is 35.9 Å². The maximum atomic E-state index is 11.7. The number of primary amides is 1. The molecule has 0 spiro atoms. The molecule has 1 rings (SSSR count). The molecular weight excluding hydrogens is 218 g/mol. The largest absolute Gasteiger partial charge is 0.481 e. The molecule has 0 fully saturated rings. The van der Waals surface area contributed by atoms with Gasteiger partial charge >= 0.3 is 5.97 Å². The molecule has 1 aromatic rings. The third-order valence-electron chi connectivity index (χ3n) is 3.17. The van der Waals surface area contributed by atoms with E-state index in [0.29, 0.717) is 6.42 Å². The van der Waals surface area contributed by atoms with Gasteiger partial charge in [-0.3, -0.25) is 9.59 Å². The second kappa shape index (κ2) is 5.48. The Morgan fingerprint density at radius 1 is 1.29 bits per heavy atom. The van der Waals surface area contributed by atoms with E-state index >= 15 is 0 Å². The van der Waals surface area contributed by atoms with Crippen molar-refractivity contribution in [3.63, 3.8) is 0 Å². The highest BCUT2D eigenvalue weighted by Crippen LogP contribution is 2.32. The summed E-state index contributed by atoms with van der Waals surface area (Å²) in [5.41, 5.74) is 5.38. The lowest BCUT2D eigenvalue weighted by Gasteiger charge is -2.29. The summed E-state index contributed by atoms with van der Waals surface area (Å²) in [6, 6.07) is 9.13. The van der Waals surface area contributed by atoms with E-state index < -0.39 is 17.3 Å². The molecule has 3 N–H and O–H groups in total. The number of hydrogen-bond acceptors (Lipinski definition) is 2. The van der Waals surface area contributed by atoms with E-state index in [9.17, 15) is 9.59 Å². The topological polar surface area (TPSA) is 80.4 Å². The number of hydrogen-bond donors (Lipinski definition) is 2. The lowest BCUT2D eigenvalue weighted by molar-refractivity contribution is -0.137. The van der Waals surface area contributed by atoms with Gasteiger partial charge in [0.05, 0.1) is 5.41 Å². The number of amides is 1. The van der Waals surface area contributed by atoms with Crippen LogP contribution in [0.15, 0.2) is 30.3 Å². The van der Waals surface area contributed by atoms with Gasteiger partial charge in [-0.15, -0.1) is 0 Å². The van der Waals surface area contributed by atoms with Crippen molar-refractivity contribution >= 4 is 11.9 Å². The first kappa shape index (κ1) is 13.2. The number of nitrogens with two attached hydrogens (primary N) is 1. The Morgan fingerprint density at radius 2 is 1.88 bits per heavy atom. The van der Waals surface area contributed by atoms with Crippen LogP contribution in [0.2, 0.25) is 0 Å². The molecule has 0 aliphatic rings. The van der Waals surface area contributed by atoms with E-state index in [-0.39, 0.29) is 12.8 Å². The van der Waals surface area contributed by atoms with Gasteiger partial charge in [0.25, 0.3) is 0 Å². The van der Waals surface area contributed by atoms with Crippen LogP contribution in [0.5, 0.6) is 0 Å². The molecule has 1 aromatic carbocycles. The SMILES string of the molecule is CCC(CCC(=O)O)(C(N)=O)c1ccccc1. The van der Waals surface area contributed by atoms with Crippen LogP contribution >= 0.6 is 0 Å². The molecule has 0 radical (unpaired) electrons. The van der Waals surface area contributed by atoms with Crippen LogP contribution in [0.3, 0.4) is 0 Å². The standard InChI is InChI=1S/C13H17NO3/c1-2-13(12(14)17,9-8-11(15)16)10-6-4-3-5-7-10/h3-7H,2,8-9H2,1H3,(H2,14,17)(H,15,16). The van der Waals surface area contributed by atoms with Crippen molar-refractivity contribution < 1.29 is 14.7 Å². The van der Waals surface area contributed by atoms with E-state index in [1.165, 1.54) is 0 Å². The summed E-state index contributed by atoms with van der Waals surface area (Å²) >= 11 is 0. The molecule has 0 aliphatic carbocycles. The van der Waals surface area contributed by atoms with Crippen LogP contribution in [-0.4, -0.2) is 17.0 Å². The molecule has 4 heteroatoms. The van der Waals surface area contributed by atoms with Gasteiger partial charge in [0.2, 0.25) is 5.91 Å². The van der Waals surface area contributed by atoms with E-state index in [0.717, 1.165) is 5.56 Å². The molecule has 4 nitrogen and oxygen atoms in total. The minimum atomic E-state index is -0.917. The molecule has 0 saturated heterocycles. The highest BCUT2D eigenvalue weighted by molar-refractivity contribution is 5.87. The van der Waals surface area contributed by atoms with Gasteiger partial charge in [-0.1, -0.05) is 37.3 Å². The van der Waals surface area contributed by atoms with Crippen molar-refractivity contribution in [2.75, 3.05) is 0 Å². The lowest BCUT2D eigenvalue weighted by atomic mass is 9.74. The number of carbonyl (C=O) groups excluding carboxylic acids is 1. The smallest absolute Gasteiger partial charge is 0.303 e. The molecular formula is C13H17NO3. The Hall–Kier alpha value is -1.84. The lowest BCUT2D eigenvalue weighted by Crippen LogP contribution is -2.41. The molecule has 1 amide bonds. The van der Waals surface area contributed by atoms with Gasteiger partial charge in [0.15, 0.2) is 0 Å². The first-order valence-electron chi connectivity index (χ1n) is 5.60. The van der Waals surface area contributed by atoms with Crippen LogP contribution in [0, 0.1) is 0 Å². The number of benzene rings is 1. The molecule has 0 saturated carbocycles. The van der Waals surface area contributed by atoms with Gasteiger partial charge in [-0.25, -0.2) is 0 Å². The third kappa shape index (κ3) is 2.84. The van der Waals surface area contributed by atoms with E-state index in [1.807, 2.05) is 37.3 Å². The third-order valence-corrected chi connectivity index (χ3v) is 3.17. The van der Waals surface area contributed by atoms with Crippen molar-refractivity contribution in [1.29, 1.82) is 0 Å². The van der Waals surface area contributed by atoms with Crippen molar-refractivity contribution in [3.8, 4) is 0 Å². The van der Waals surface area contributed by atoms with Crippen molar-refractivity contribution in [1.82, 2.24) is 0 Å². The van der Waals surface area contributed by atoms with Crippen molar-refractivity contribution in [2.24, 2.45) is 5.73 Å². The molecule has 0 bridgehead atoms. The first-order chi connectivity index (χ1) is 8.03. The summed E-state index contributed by atoms with van der Waals surface area (Å²) < 4.78 is 0. The van der Waals surface area contributed by atoms with E-state index in [4.69, 9.17) is 10.8 Å². The summed E-state index contributed by atoms with van der Waals surface area (Å²) in [4.78, 5) is 22.4. The predicted octanol–water partition coefficient (Wildman–Crippen LogP) is 1.68. The Kier molecular flexibility index (Phi) is 4.26. The first-order valence-corrected chi connectivity index (χ1v) is 5.60. The minimum Gasteiger partial charge on any atom is -0.481 e. The van der Waals surface area contributed by atoms with Gasteiger partial charge in [-0.05, 0) is 18.4 Å². The summed E-state index contributed by atoms with van der Waals surface area (Å²) in [6.07, 6.45) is 0.670. The van der Waals surface area contributed by atoms with Gasteiger partial charge in [0, 0.05) is 6.42 Å². The van der Waals surface area contributed by atoms with Gasteiger partial charge in [-0.2, -0.15) is 0 Å². The Morgan fingerprint density at radius 3 is 2.29 bits per heavy atom. The zero-order valence-electron chi connectivity index (χ0n) is 9.85. The minimum absolute atomic E-state index is 0.0638. The zero-order valence-corrected chi connectivity index (χ0v) is 9.85. The Labute approximate surface area is 100 Å². The highest BCUT2D eigenvalue weighted by Gasteiger charge is 2.36. The molecule has 17 heavy (non-hydrogen) atoms. The predicted molar refractivity (Wildman–Crippen MR) is 64.5 cm³/mol. The number of carbonyl (C=O) groups is 2. The fourth-order valence-corrected chi connectivity index (χ4v) is 2.04. The second-order valence-corrected chi connectivity index (χ2v) is 4.06. The average Bonchev–Trinajstić information content (AvgIpc) is 2.31. The maximum absolute atomic E-state index is 11.7. The number of carboxylic acid groups (broad SMARTS) is 1. The van der Waals surface area contributed by atoms with Crippen LogP contribution in [0.1, 0.15) is 31.7 Å². The summed E-state index contributed by atoms with van der Waals surface area (Å²) in [7, 11) is 0. The van der Waals surface area contributed by atoms with E-state index in [1.54, 1.807) is 0 Å². The zero-order chi connectivity index (χ0) is 12.9. The molecule has 1 unspecified atom stereocenters.